The zero-order valence-corrected chi connectivity index (χ0v) is 14.5. The minimum Gasteiger partial charge on any atom is -0.330 e. The topological polar surface area (TPSA) is 61.8 Å². The molecule has 0 aromatic rings. The van der Waals surface area contributed by atoms with E-state index >= 15 is 0 Å². The van der Waals surface area contributed by atoms with E-state index in [2.05, 4.69) is 4.31 Å². The molecule has 0 atom stereocenters. The molecule has 0 N–H and O–H groups in total. The maximum Gasteiger partial charge on any atom is 0.560 e. The molecule has 0 aliphatic carbocycles. The Morgan fingerprint density at radius 2 is 1.12 bits per heavy atom. The highest BCUT2D eigenvalue weighted by Crippen LogP contribution is 2.68. The lowest BCUT2D eigenvalue weighted by atomic mass is 11.8. The average molecular weight is 326 g/mol. The van der Waals surface area contributed by atoms with Gasteiger partial charge < -0.3 is 8.43 Å². The van der Waals surface area contributed by atoms with Crippen molar-refractivity contribution in [3.05, 3.63) is 0 Å². The van der Waals surface area contributed by atoms with Crippen molar-refractivity contribution in [2.24, 2.45) is 0 Å². The molecule has 0 unspecified atom stereocenters. The predicted molar refractivity (Wildman–Crippen MR) is 67.4 cm³/mol. The summed E-state index contributed by atoms with van der Waals surface area (Å²) in [5.74, 6) is 0. The maximum atomic E-state index is 12.4. The Morgan fingerprint density at radius 3 is 1.29 bits per heavy atom. The zero-order chi connectivity index (χ0) is 14.1. The molecule has 0 rings (SSSR count). The summed E-state index contributed by atoms with van der Waals surface area (Å²) in [4.78, 5) is 0. The highest BCUT2D eigenvalue weighted by atomic mass is 31.3. The molecule has 17 heavy (non-hydrogen) atoms. The van der Waals surface area contributed by atoms with Gasteiger partial charge >= 0.3 is 15.8 Å². The Labute approximate surface area is 102 Å². The van der Waals surface area contributed by atoms with Crippen LogP contribution in [-0.4, -0.2) is 16.6 Å². The number of rotatable bonds is 6. The van der Waals surface area contributed by atoms with Crippen molar-refractivity contribution < 1.29 is 30.3 Å². The van der Waals surface area contributed by atoms with Crippen molar-refractivity contribution in [3.63, 3.8) is 0 Å². The molecule has 0 amide bonds. The zero-order valence-electron chi connectivity index (χ0n) is 10.7. The molecule has 0 bridgehead atoms. The lowest BCUT2D eigenvalue weighted by molar-refractivity contribution is 0.272. The van der Waals surface area contributed by atoms with Crippen molar-refractivity contribution >= 4 is 32.4 Å². The van der Waals surface area contributed by atoms with Gasteiger partial charge in [0.1, 0.15) is 0 Å². The molecule has 0 aromatic heterocycles. The molecule has 0 saturated carbocycles. The summed E-state index contributed by atoms with van der Waals surface area (Å²) in [6, 6.07) is 0. The summed E-state index contributed by atoms with van der Waals surface area (Å²) < 4.78 is 61.0. The minimum absolute atomic E-state index is 1.64. The number of phosphoric acid groups is 1. The fourth-order valence-electron chi connectivity index (χ4n) is 0.839. The summed E-state index contributed by atoms with van der Waals surface area (Å²) >= 11 is 0. The lowest BCUT2D eigenvalue weighted by Gasteiger charge is -2.28. The van der Waals surface area contributed by atoms with E-state index in [9.17, 15) is 17.5 Å². The van der Waals surface area contributed by atoms with Crippen LogP contribution in [0.25, 0.3) is 0 Å². The van der Waals surface area contributed by atoms with Crippen LogP contribution in [0.15, 0.2) is 0 Å². The van der Waals surface area contributed by atoms with Crippen LogP contribution in [0, 0.1) is 0 Å². The van der Waals surface area contributed by atoms with Crippen molar-refractivity contribution in [2.45, 2.75) is 39.3 Å². The first-order chi connectivity index (χ1) is 7.12. The van der Waals surface area contributed by atoms with Crippen LogP contribution in [0.5, 0.6) is 0 Å². The molecular formula is C6H18F2O5P2Si2. The molecule has 0 aliphatic rings. The Balaban J connectivity index is 5.10. The Kier molecular flexibility index (Phi) is 5.52. The number of halogens is 2. The van der Waals surface area contributed by atoms with Crippen LogP contribution in [0.3, 0.4) is 0 Å². The summed E-state index contributed by atoms with van der Waals surface area (Å²) in [6.07, 6.45) is 0. The van der Waals surface area contributed by atoms with Crippen molar-refractivity contribution in [3.8, 4) is 0 Å². The molecule has 0 saturated heterocycles. The van der Waals surface area contributed by atoms with Gasteiger partial charge in [0.05, 0.1) is 0 Å². The van der Waals surface area contributed by atoms with Gasteiger partial charge in [-0.25, -0.2) is 9.13 Å². The molecule has 0 aliphatic heterocycles. The largest absolute Gasteiger partial charge is 0.560 e. The third-order valence-corrected chi connectivity index (χ3v) is 8.70. The van der Waals surface area contributed by atoms with Crippen molar-refractivity contribution in [1.29, 1.82) is 0 Å². The standard InChI is InChI=1S/C6H18F2O5P2Si2/c1-16(2,3)12-15(10,11-14(7,8)9)13-17(4,5)6/h1-6H3. The van der Waals surface area contributed by atoms with Crippen LogP contribution in [0.4, 0.5) is 8.39 Å². The minimum atomic E-state index is -5.93. The summed E-state index contributed by atoms with van der Waals surface area (Å²) in [5, 5.41) is 0. The van der Waals surface area contributed by atoms with E-state index in [-0.39, 0.29) is 0 Å². The smallest absolute Gasteiger partial charge is 0.330 e. The van der Waals surface area contributed by atoms with Gasteiger partial charge in [0.25, 0.3) is 0 Å². The van der Waals surface area contributed by atoms with Gasteiger partial charge in [0.15, 0.2) is 16.6 Å². The Morgan fingerprint density at radius 1 is 0.824 bits per heavy atom. The molecule has 104 valence electrons. The first-order valence-corrected chi connectivity index (χ1v) is 14.5. The maximum absolute atomic E-state index is 12.4. The summed E-state index contributed by atoms with van der Waals surface area (Å²) in [7, 11) is -15.3. The van der Waals surface area contributed by atoms with Crippen LogP contribution < -0.4 is 0 Å². The van der Waals surface area contributed by atoms with E-state index in [4.69, 9.17) is 8.43 Å². The molecule has 0 radical (unpaired) electrons. The molecule has 0 spiro atoms. The molecular weight excluding hydrogens is 308 g/mol. The van der Waals surface area contributed by atoms with Crippen molar-refractivity contribution in [1.82, 2.24) is 0 Å². The van der Waals surface area contributed by atoms with Crippen LogP contribution in [-0.2, 0) is 21.9 Å². The molecule has 11 heteroatoms. The van der Waals surface area contributed by atoms with E-state index < -0.39 is 32.4 Å². The normalized spacial score (nSPS) is 15.1. The first kappa shape index (κ1) is 17.6. The van der Waals surface area contributed by atoms with Gasteiger partial charge in [-0.2, -0.15) is 4.31 Å². The SMILES string of the molecule is C[Si](C)(C)OP(=O)(O[Si](C)(C)C)OP(=O)(F)F. The van der Waals surface area contributed by atoms with E-state index in [0.717, 1.165) is 0 Å². The van der Waals surface area contributed by atoms with Crippen molar-refractivity contribution in [2.75, 3.05) is 0 Å². The highest BCUT2D eigenvalue weighted by molar-refractivity contribution is 7.63. The molecule has 5 nitrogen and oxygen atoms in total. The number of hydrogen-bond donors (Lipinski definition) is 0. The monoisotopic (exact) mass is 326 g/mol. The first-order valence-electron chi connectivity index (χ1n) is 4.84. The van der Waals surface area contributed by atoms with E-state index in [1.807, 2.05) is 0 Å². The summed E-state index contributed by atoms with van der Waals surface area (Å²) in [6.45, 7) is 9.82. The fraction of sp³-hybridized carbons (Fsp3) is 1.00. The van der Waals surface area contributed by atoms with Gasteiger partial charge in [-0.3, -0.25) is 0 Å². The number of hydrogen-bond acceptors (Lipinski definition) is 5. The fourth-order valence-corrected chi connectivity index (χ4v) is 8.49. The quantitative estimate of drug-likeness (QED) is 0.515. The molecule has 0 aromatic carbocycles. The van der Waals surface area contributed by atoms with Gasteiger partial charge in [-0.15, -0.1) is 8.39 Å². The average Bonchev–Trinajstić information content (AvgIpc) is 1.65. The molecule has 0 fully saturated rings. The third-order valence-electron chi connectivity index (χ3n) is 0.966. The lowest BCUT2D eigenvalue weighted by Crippen LogP contribution is -2.30. The second kappa shape index (κ2) is 5.32. The van der Waals surface area contributed by atoms with Crippen LogP contribution in [0.2, 0.25) is 39.3 Å². The van der Waals surface area contributed by atoms with Gasteiger partial charge in [-0.1, -0.05) is 0 Å². The van der Waals surface area contributed by atoms with E-state index in [0.29, 0.717) is 0 Å². The van der Waals surface area contributed by atoms with E-state index in [1.54, 1.807) is 39.3 Å². The van der Waals surface area contributed by atoms with Crippen LogP contribution >= 0.6 is 15.8 Å². The Hall–Kier alpha value is 0.634. The van der Waals surface area contributed by atoms with Crippen LogP contribution in [0.1, 0.15) is 0 Å². The van der Waals surface area contributed by atoms with Gasteiger partial charge in [0, 0.05) is 0 Å². The predicted octanol–water partition coefficient (Wildman–Crippen LogP) is 4.86. The third kappa shape index (κ3) is 10.3. The summed E-state index contributed by atoms with van der Waals surface area (Å²) in [5.41, 5.74) is 0. The van der Waals surface area contributed by atoms with E-state index in [1.165, 1.54) is 0 Å². The Bertz CT molecular complexity index is 338. The van der Waals surface area contributed by atoms with Gasteiger partial charge in [0.2, 0.25) is 0 Å². The second-order valence-electron chi connectivity index (χ2n) is 5.35. The second-order valence-corrected chi connectivity index (χ2v) is 17.6. The highest BCUT2D eigenvalue weighted by Gasteiger charge is 2.44. The van der Waals surface area contributed by atoms with Gasteiger partial charge in [-0.05, 0) is 39.3 Å². The molecule has 0 heterocycles.